The van der Waals surface area contributed by atoms with Gasteiger partial charge in [-0.2, -0.15) is 4.80 Å². The molecule has 1 heterocycles. The predicted molar refractivity (Wildman–Crippen MR) is 74.0 cm³/mol. The first-order valence-corrected chi connectivity index (χ1v) is 6.34. The summed E-state index contributed by atoms with van der Waals surface area (Å²) in [5.41, 5.74) is 1.11. The van der Waals surface area contributed by atoms with Gasteiger partial charge in [0.05, 0.1) is 0 Å². The molecule has 0 bridgehead atoms. The number of nitrogens with zero attached hydrogens (tertiary/aromatic N) is 4. The molecule has 2 aromatic carbocycles. The summed E-state index contributed by atoms with van der Waals surface area (Å²) in [7, 11) is 0. The molecule has 104 valence electrons. The standard InChI is InChI=1S/C15H11FN4O/c16-13-8-4-7-12(9-13)15-17-19-20(18-15)10-14(21)11-5-2-1-3-6-11/h1-9H,10H2. The van der Waals surface area contributed by atoms with Gasteiger partial charge in [0.15, 0.2) is 5.78 Å². The topological polar surface area (TPSA) is 60.7 Å². The average Bonchev–Trinajstić information content (AvgIpc) is 2.97. The van der Waals surface area contributed by atoms with E-state index < -0.39 is 0 Å². The van der Waals surface area contributed by atoms with E-state index in [1.165, 1.54) is 16.9 Å². The molecule has 0 amide bonds. The number of rotatable bonds is 4. The number of halogens is 1. The van der Waals surface area contributed by atoms with Gasteiger partial charge in [0.1, 0.15) is 12.4 Å². The second-order valence-corrected chi connectivity index (χ2v) is 4.44. The summed E-state index contributed by atoms with van der Waals surface area (Å²) in [4.78, 5) is 13.2. The molecule has 6 heteroatoms. The number of benzene rings is 2. The monoisotopic (exact) mass is 282 g/mol. The van der Waals surface area contributed by atoms with Crippen molar-refractivity contribution in [1.82, 2.24) is 20.2 Å². The molecule has 0 unspecified atom stereocenters. The molecule has 0 N–H and O–H groups in total. The Morgan fingerprint density at radius 2 is 1.90 bits per heavy atom. The SMILES string of the molecule is O=C(Cn1nnc(-c2cccc(F)c2)n1)c1ccccc1. The van der Waals surface area contributed by atoms with Gasteiger partial charge in [-0.15, -0.1) is 10.2 Å². The highest BCUT2D eigenvalue weighted by atomic mass is 19.1. The number of aromatic nitrogens is 4. The lowest BCUT2D eigenvalue weighted by molar-refractivity contribution is 0.0961. The smallest absolute Gasteiger partial charge is 0.205 e. The van der Waals surface area contributed by atoms with Gasteiger partial charge in [0, 0.05) is 11.1 Å². The van der Waals surface area contributed by atoms with E-state index in [9.17, 15) is 9.18 Å². The molecule has 3 aromatic rings. The van der Waals surface area contributed by atoms with E-state index in [1.54, 1.807) is 36.4 Å². The summed E-state index contributed by atoms with van der Waals surface area (Å²) in [5.74, 6) is -0.196. The molecule has 0 fully saturated rings. The fourth-order valence-corrected chi connectivity index (χ4v) is 1.90. The van der Waals surface area contributed by atoms with Crippen LogP contribution < -0.4 is 0 Å². The third kappa shape index (κ3) is 3.00. The van der Waals surface area contributed by atoms with E-state index >= 15 is 0 Å². The minimum atomic E-state index is -0.371. The Morgan fingerprint density at radius 3 is 2.67 bits per heavy atom. The summed E-state index contributed by atoms with van der Waals surface area (Å²) >= 11 is 0. The van der Waals surface area contributed by atoms with Gasteiger partial charge in [-0.05, 0) is 17.3 Å². The Morgan fingerprint density at radius 1 is 1.10 bits per heavy atom. The molecule has 0 radical (unpaired) electrons. The number of tetrazole rings is 1. The number of hydrogen-bond donors (Lipinski definition) is 0. The van der Waals surface area contributed by atoms with Crippen molar-refractivity contribution in [3.05, 3.63) is 66.0 Å². The first kappa shape index (κ1) is 13.1. The van der Waals surface area contributed by atoms with E-state index in [-0.39, 0.29) is 24.0 Å². The summed E-state index contributed by atoms with van der Waals surface area (Å²) in [5, 5.41) is 11.8. The van der Waals surface area contributed by atoms with Crippen molar-refractivity contribution in [3.63, 3.8) is 0 Å². The molecule has 0 aliphatic heterocycles. The van der Waals surface area contributed by atoms with Crippen molar-refractivity contribution in [2.75, 3.05) is 0 Å². The maximum absolute atomic E-state index is 13.2. The van der Waals surface area contributed by atoms with Crippen LogP contribution in [0.15, 0.2) is 54.6 Å². The summed E-state index contributed by atoms with van der Waals surface area (Å²) in [6.07, 6.45) is 0. The van der Waals surface area contributed by atoms with Crippen LogP contribution >= 0.6 is 0 Å². The van der Waals surface area contributed by atoms with Crippen LogP contribution in [0, 0.1) is 5.82 Å². The molecular weight excluding hydrogens is 271 g/mol. The zero-order chi connectivity index (χ0) is 14.7. The van der Waals surface area contributed by atoms with Gasteiger partial charge in [-0.3, -0.25) is 4.79 Å². The predicted octanol–water partition coefficient (Wildman–Crippen LogP) is 2.36. The Hall–Kier alpha value is -2.89. The van der Waals surface area contributed by atoms with Crippen LogP contribution in [0.2, 0.25) is 0 Å². The number of carbonyl (C=O) groups is 1. The van der Waals surface area contributed by atoms with Crippen LogP contribution in [-0.2, 0) is 6.54 Å². The quantitative estimate of drug-likeness (QED) is 0.689. The zero-order valence-corrected chi connectivity index (χ0v) is 11.0. The third-order valence-electron chi connectivity index (χ3n) is 2.92. The second kappa shape index (κ2) is 5.62. The number of carbonyl (C=O) groups excluding carboxylic acids is 1. The molecule has 0 aliphatic rings. The lowest BCUT2D eigenvalue weighted by atomic mass is 10.1. The van der Waals surface area contributed by atoms with E-state index in [1.807, 2.05) is 6.07 Å². The van der Waals surface area contributed by atoms with Crippen LogP contribution in [0.25, 0.3) is 11.4 Å². The van der Waals surface area contributed by atoms with Crippen molar-refractivity contribution < 1.29 is 9.18 Å². The first-order chi connectivity index (χ1) is 10.2. The van der Waals surface area contributed by atoms with Crippen molar-refractivity contribution in [2.45, 2.75) is 6.54 Å². The Labute approximate surface area is 120 Å². The second-order valence-electron chi connectivity index (χ2n) is 4.44. The number of Topliss-reactive ketones (excluding diaryl/α,β-unsaturated/α-hetero) is 1. The van der Waals surface area contributed by atoms with Crippen molar-refractivity contribution in [3.8, 4) is 11.4 Å². The summed E-state index contributed by atoms with van der Waals surface area (Å²) in [6.45, 7) is -0.00761. The molecule has 0 saturated carbocycles. The minimum Gasteiger partial charge on any atom is -0.292 e. The highest BCUT2D eigenvalue weighted by Gasteiger charge is 2.11. The molecular formula is C15H11FN4O. The first-order valence-electron chi connectivity index (χ1n) is 6.34. The van der Waals surface area contributed by atoms with Gasteiger partial charge in [-0.1, -0.05) is 42.5 Å². The van der Waals surface area contributed by atoms with Crippen LogP contribution in [0.3, 0.4) is 0 Å². The molecule has 3 rings (SSSR count). The molecule has 0 saturated heterocycles. The number of ketones is 1. The van der Waals surface area contributed by atoms with Crippen LogP contribution in [0.4, 0.5) is 4.39 Å². The van der Waals surface area contributed by atoms with Gasteiger partial charge >= 0.3 is 0 Å². The van der Waals surface area contributed by atoms with Crippen LogP contribution in [-0.4, -0.2) is 26.0 Å². The maximum Gasteiger partial charge on any atom is 0.205 e. The molecule has 21 heavy (non-hydrogen) atoms. The van der Waals surface area contributed by atoms with Crippen molar-refractivity contribution >= 4 is 5.78 Å². The fourth-order valence-electron chi connectivity index (χ4n) is 1.90. The summed E-state index contributed by atoms with van der Waals surface area (Å²) < 4.78 is 13.2. The Balaban J connectivity index is 1.78. The van der Waals surface area contributed by atoms with Gasteiger partial charge in [-0.25, -0.2) is 4.39 Å². The van der Waals surface area contributed by atoms with Gasteiger partial charge in [0.25, 0.3) is 0 Å². The third-order valence-corrected chi connectivity index (χ3v) is 2.92. The number of hydrogen-bond acceptors (Lipinski definition) is 4. The Kier molecular flexibility index (Phi) is 3.51. The average molecular weight is 282 g/mol. The summed E-state index contributed by atoms with van der Waals surface area (Å²) in [6, 6.07) is 14.8. The van der Waals surface area contributed by atoms with Crippen molar-refractivity contribution in [1.29, 1.82) is 0 Å². The van der Waals surface area contributed by atoms with E-state index in [0.29, 0.717) is 11.1 Å². The van der Waals surface area contributed by atoms with E-state index in [4.69, 9.17) is 0 Å². The highest BCUT2D eigenvalue weighted by Crippen LogP contribution is 2.14. The fraction of sp³-hybridized carbons (Fsp3) is 0.0667. The normalized spacial score (nSPS) is 10.5. The highest BCUT2D eigenvalue weighted by molar-refractivity contribution is 5.95. The minimum absolute atomic E-state index is 0.00761. The van der Waals surface area contributed by atoms with Gasteiger partial charge < -0.3 is 0 Å². The lowest BCUT2D eigenvalue weighted by Crippen LogP contribution is -2.13. The molecule has 1 aromatic heterocycles. The Bertz CT molecular complexity index is 770. The molecule has 0 spiro atoms. The lowest BCUT2D eigenvalue weighted by Gasteiger charge is -1.99. The molecule has 5 nitrogen and oxygen atoms in total. The largest absolute Gasteiger partial charge is 0.292 e. The van der Waals surface area contributed by atoms with Crippen LogP contribution in [0.1, 0.15) is 10.4 Å². The zero-order valence-electron chi connectivity index (χ0n) is 11.0. The van der Waals surface area contributed by atoms with Crippen molar-refractivity contribution in [2.24, 2.45) is 0 Å². The van der Waals surface area contributed by atoms with Gasteiger partial charge in [0.2, 0.25) is 5.82 Å². The molecule has 0 aliphatic carbocycles. The molecule has 0 atom stereocenters. The van der Waals surface area contributed by atoms with E-state index in [2.05, 4.69) is 15.4 Å². The maximum atomic E-state index is 13.2. The van der Waals surface area contributed by atoms with E-state index in [0.717, 1.165) is 0 Å². The van der Waals surface area contributed by atoms with Crippen LogP contribution in [0.5, 0.6) is 0 Å².